The maximum absolute atomic E-state index is 13.1. The monoisotopic (exact) mass is 408 g/mol. The van der Waals surface area contributed by atoms with E-state index < -0.39 is 35.4 Å². The molecule has 0 saturated carbocycles. The standard InChI is InChI=1S/C19H15F3N2O5/c20-19(21,22)14-4-2-1-3-13(14)17(25)23-8-12-9-24(18(26)29-12)11-5-6-15-16(7-11)28-10-27-15/h1-7,12H,8-10H2,(H,23,25)/t12-/m1/s1. The Morgan fingerprint density at radius 2 is 1.90 bits per heavy atom. The Morgan fingerprint density at radius 1 is 1.14 bits per heavy atom. The van der Waals surface area contributed by atoms with Gasteiger partial charge in [-0.15, -0.1) is 0 Å². The Hall–Kier alpha value is -3.43. The lowest BCUT2D eigenvalue weighted by Gasteiger charge is -2.15. The molecule has 0 spiro atoms. The summed E-state index contributed by atoms with van der Waals surface area (Å²) in [4.78, 5) is 25.7. The first-order valence-electron chi connectivity index (χ1n) is 8.65. The van der Waals surface area contributed by atoms with Gasteiger partial charge in [0.15, 0.2) is 11.5 Å². The minimum Gasteiger partial charge on any atom is -0.454 e. The molecule has 0 aliphatic carbocycles. The Balaban J connectivity index is 1.41. The molecule has 2 aliphatic heterocycles. The highest BCUT2D eigenvalue weighted by atomic mass is 19.4. The van der Waals surface area contributed by atoms with E-state index in [2.05, 4.69) is 5.32 Å². The van der Waals surface area contributed by atoms with Crippen molar-refractivity contribution in [3.8, 4) is 11.5 Å². The van der Waals surface area contributed by atoms with Crippen LogP contribution in [0.4, 0.5) is 23.7 Å². The topological polar surface area (TPSA) is 77.1 Å². The molecule has 2 aromatic rings. The second-order valence-corrected chi connectivity index (χ2v) is 6.41. The molecule has 0 radical (unpaired) electrons. The number of anilines is 1. The van der Waals surface area contributed by atoms with Crippen molar-refractivity contribution >= 4 is 17.7 Å². The van der Waals surface area contributed by atoms with E-state index in [0.717, 1.165) is 12.1 Å². The van der Waals surface area contributed by atoms with Gasteiger partial charge in [0.05, 0.1) is 29.9 Å². The zero-order valence-electron chi connectivity index (χ0n) is 14.9. The molecule has 7 nitrogen and oxygen atoms in total. The Morgan fingerprint density at radius 3 is 2.69 bits per heavy atom. The number of cyclic esters (lactones) is 1. The van der Waals surface area contributed by atoms with Gasteiger partial charge in [0, 0.05) is 6.07 Å². The molecule has 1 N–H and O–H groups in total. The number of amides is 2. The summed E-state index contributed by atoms with van der Waals surface area (Å²) in [5.74, 6) is 0.166. The third-order valence-electron chi connectivity index (χ3n) is 4.51. The lowest BCUT2D eigenvalue weighted by Crippen LogP contribution is -2.35. The predicted octanol–water partition coefficient (Wildman–Crippen LogP) is 3.19. The van der Waals surface area contributed by atoms with Gasteiger partial charge in [0.1, 0.15) is 6.10 Å². The Labute approximate surface area is 163 Å². The number of halogens is 3. The highest BCUT2D eigenvalue weighted by Gasteiger charge is 2.36. The van der Waals surface area contributed by atoms with E-state index in [1.807, 2.05) is 0 Å². The van der Waals surface area contributed by atoms with Crippen LogP contribution < -0.4 is 19.7 Å². The number of alkyl halides is 3. The summed E-state index contributed by atoms with van der Waals surface area (Å²) in [5, 5.41) is 2.40. The van der Waals surface area contributed by atoms with E-state index in [4.69, 9.17) is 14.2 Å². The summed E-state index contributed by atoms with van der Waals surface area (Å²) in [6, 6.07) is 9.44. The lowest BCUT2D eigenvalue weighted by atomic mass is 10.1. The van der Waals surface area contributed by atoms with Crippen molar-refractivity contribution in [1.29, 1.82) is 0 Å². The molecule has 2 heterocycles. The molecule has 152 valence electrons. The summed E-state index contributed by atoms with van der Waals surface area (Å²) >= 11 is 0. The molecule has 1 saturated heterocycles. The van der Waals surface area contributed by atoms with E-state index in [0.29, 0.717) is 17.2 Å². The van der Waals surface area contributed by atoms with Crippen molar-refractivity contribution in [3.63, 3.8) is 0 Å². The largest absolute Gasteiger partial charge is 0.454 e. The number of nitrogens with one attached hydrogen (secondary N) is 1. The molecule has 10 heteroatoms. The fourth-order valence-electron chi connectivity index (χ4n) is 3.12. The van der Waals surface area contributed by atoms with Crippen molar-refractivity contribution in [3.05, 3.63) is 53.6 Å². The minimum atomic E-state index is -4.65. The molecule has 1 fully saturated rings. The third-order valence-corrected chi connectivity index (χ3v) is 4.51. The van der Waals surface area contributed by atoms with Gasteiger partial charge < -0.3 is 19.5 Å². The van der Waals surface area contributed by atoms with Crippen LogP contribution in [0.5, 0.6) is 11.5 Å². The van der Waals surface area contributed by atoms with Gasteiger partial charge in [-0.25, -0.2) is 4.79 Å². The number of nitrogens with zero attached hydrogens (tertiary/aromatic N) is 1. The van der Waals surface area contributed by atoms with Crippen LogP contribution in [0.2, 0.25) is 0 Å². The van der Waals surface area contributed by atoms with Crippen LogP contribution in [0, 0.1) is 0 Å². The van der Waals surface area contributed by atoms with Gasteiger partial charge >= 0.3 is 12.3 Å². The molecular weight excluding hydrogens is 393 g/mol. The number of benzene rings is 2. The number of carbonyl (C=O) groups is 2. The zero-order valence-corrected chi connectivity index (χ0v) is 14.9. The lowest BCUT2D eigenvalue weighted by molar-refractivity contribution is -0.137. The van der Waals surface area contributed by atoms with Crippen LogP contribution in [0.3, 0.4) is 0 Å². The number of hydrogen-bond acceptors (Lipinski definition) is 5. The molecule has 0 unspecified atom stereocenters. The summed E-state index contributed by atoms with van der Waals surface area (Å²) in [6.45, 7) is 0.0920. The van der Waals surface area contributed by atoms with Crippen LogP contribution in [-0.2, 0) is 10.9 Å². The molecule has 2 aromatic carbocycles. The number of rotatable bonds is 4. The number of ether oxygens (including phenoxy) is 3. The number of hydrogen-bond donors (Lipinski definition) is 1. The molecule has 2 amide bonds. The van der Waals surface area contributed by atoms with Gasteiger partial charge in [-0.3, -0.25) is 9.69 Å². The first-order chi connectivity index (χ1) is 13.8. The highest BCUT2D eigenvalue weighted by Crippen LogP contribution is 2.36. The van der Waals surface area contributed by atoms with Crippen LogP contribution >= 0.6 is 0 Å². The van der Waals surface area contributed by atoms with Crippen molar-refractivity contribution in [2.45, 2.75) is 12.3 Å². The second-order valence-electron chi connectivity index (χ2n) is 6.41. The molecule has 0 aromatic heterocycles. The van der Waals surface area contributed by atoms with Crippen molar-refractivity contribution in [1.82, 2.24) is 5.32 Å². The van der Waals surface area contributed by atoms with Crippen LogP contribution in [0.15, 0.2) is 42.5 Å². The maximum atomic E-state index is 13.1. The van der Waals surface area contributed by atoms with Gasteiger partial charge in [-0.05, 0) is 24.3 Å². The van der Waals surface area contributed by atoms with Crippen LogP contribution in [-0.4, -0.2) is 38.0 Å². The Bertz CT molecular complexity index is 963. The molecule has 0 bridgehead atoms. The van der Waals surface area contributed by atoms with Crippen LogP contribution in [0.25, 0.3) is 0 Å². The Kier molecular flexibility index (Phi) is 4.69. The third kappa shape index (κ3) is 3.78. The predicted molar refractivity (Wildman–Crippen MR) is 94.0 cm³/mol. The highest BCUT2D eigenvalue weighted by molar-refractivity contribution is 5.96. The maximum Gasteiger partial charge on any atom is 0.417 e. The van der Waals surface area contributed by atoms with Crippen molar-refractivity contribution in [2.75, 3.05) is 24.8 Å². The van der Waals surface area contributed by atoms with Crippen LogP contribution in [0.1, 0.15) is 15.9 Å². The minimum absolute atomic E-state index is 0.0945. The summed E-state index contributed by atoms with van der Waals surface area (Å²) in [6.07, 6.45) is -5.99. The summed E-state index contributed by atoms with van der Waals surface area (Å²) in [7, 11) is 0. The van der Waals surface area contributed by atoms with E-state index in [-0.39, 0.29) is 19.9 Å². The van der Waals surface area contributed by atoms with E-state index in [1.54, 1.807) is 18.2 Å². The van der Waals surface area contributed by atoms with Gasteiger partial charge in [0.25, 0.3) is 5.91 Å². The fraction of sp³-hybridized carbons (Fsp3) is 0.263. The molecule has 29 heavy (non-hydrogen) atoms. The van der Waals surface area contributed by atoms with E-state index in [9.17, 15) is 22.8 Å². The van der Waals surface area contributed by atoms with Gasteiger partial charge in [-0.1, -0.05) is 12.1 Å². The number of fused-ring (bicyclic) bond motifs is 1. The number of carbonyl (C=O) groups excluding carboxylic acids is 2. The first kappa shape index (κ1) is 18.9. The summed E-state index contributed by atoms with van der Waals surface area (Å²) in [5.41, 5.74) is -0.990. The van der Waals surface area contributed by atoms with E-state index >= 15 is 0 Å². The SMILES string of the molecule is O=C(NC[C@@H]1CN(c2ccc3c(c2)OCO3)C(=O)O1)c1ccccc1C(F)(F)F. The average Bonchev–Trinajstić information content (AvgIpc) is 3.31. The molecule has 2 aliphatic rings. The average molecular weight is 408 g/mol. The zero-order chi connectivity index (χ0) is 20.6. The normalized spacial score (nSPS) is 18.0. The van der Waals surface area contributed by atoms with Crippen molar-refractivity contribution < 1.29 is 37.0 Å². The smallest absolute Gasteiger partial charge is 0.417 e. The molecule has 4 rings (SSSR count). The van der Waals surface area contributed by atoms with E-state index in [1.165, 1.54) is 17.0 Å². The summed E-state index contributed by atoms with van der Waals surface area (Å²) < 4.78 is 54.9. The first-order valence-corrected chi connectivity index (χ1v) is 8.65. The second kappa shape index (κ2) is 7.19. The molecular formula is C19H15F3N2O5. The molecule has 1 atom stereocenters. The van der Waals surface area contributed by atoms with Crippen molar-refractivity contribution in [2.24, 2.45) is 0 Å². The van der Waals surface area contributed by atoms with Gasteiger partial charge in [-0.2, -0.15) is 13.2 Å². The quantitative estimate of drug-likeness (QED) is 0.841. The fourth-order valence-corrected chi connectivity index (χ4v) is 3.12. The van der Waals surface area contributed by atoms with Gasteiger partial charge in [0.2, 0.25) is 6.79 Å².